The third kappa shape index (κ3) is 3.68. The fourth-order valence-electron chi connectivity index (χ4n) is 2.15. The van der Waals surface area contributed by atoms with Gasteiger partial charge in [0.1, 0.15) is 0 Å². The molecule has 1 heterocycles. The third-order valence-corrected chi connectivity index (χ3v) is 3.26. The lowest BCUT2D eigenvalue weighted by Gasteiger charge is -2.33. The van der Waals surface area contributed by atoms with Crippen LogP contribution in [0.1, 0.15) is 33.1 Å². The van der Waals surface area contributed by atoms with Gasteiger partial charge in [0.05, 0.1) is 0 Å². The Hall–Kier alpha value is -1.59. The Balaban J connectivity index is 2.09. The molecule has 1 saturated carbocycles. The van der Waals surface area contributed by atoms with Gasteiger partial charge in [0.15, 0.2) is 0 Å². The van der Waals surface area contributed by atoms with Crippen LogP contribution >= 0.6 is 0 Å². The molecule has 1 aliphatic rings. The van der Waals surface area contributed by atoms with Gasteiger partial charge in [-0.1, -0.05) is 13.8 Å². The Bertz CT molecular complexity index is 414. The Kier molecular flexibility index (Phi) is 4.39. The van der Waals surface area contributed by atoms with E-state index < -0.39 is 0 Å². The van der Waals surface area contributed by atoms with Crippen molar-refractivity contribution in [2.75, 3.05) is 36.2 Å². The number of hydrogen-bond acceptors (Lipinski definition) is 6. The highest BCUT2D eigenvalue weighted by atomic mass is 15.3. The highest BCUT2D eigenvalue weighted by Gasteiger charge is 2.26. The molecule has 0 radical (unpaired) electrons. The van der Waals surface area contributed by atoms with E-state index in [2.05, 4.69) is 39.4 Å². The SMILES string of the molecule is CCCNc1nc(NC2CC(C)C2)nc(N(C)C)n1. The summed E-state index contributed by atoms with van der Waals surface area (Å²) >= 11 is 0. The molecule has 0 amide bonds. The van der Waals surface area contributed by atoms with E-state index in [9.17, 15) is 0 Å². The van der Waals surface area contributed by atoms with Gasteiger partial charge in [-0.3, -0.25) is 0 Å². The highest BCUT2D eigenvalue weighted by Crippen LogP contribution is 2.28. The first kappa shape index (κ1) is 13.8. The van der Waals surface area contributed by atoms with Gasteiger partial charge >= 0.3 is 0 Å². The van der Waals surface area contributed by atoms with Crippen molar-refractivity contribution in [1.29, 1.82) is 0 Å². The van der Waals surface area contributed by atoms with Gasteiger partial charge in [-0.25, -0.2) is 0 Å². The van der Waals surface area contributed by atoms with Crippen molar-refractivity contribution >= 4 is 17.8 Å². The van der Waals surface area contributed by atoms with Crippen molar-refractivity contribution in [2.24, 2.45) is 5.92 Å². The van der Waals surface area contributed by atoms with Crippen molar-refractivity contribution in [1.82, 2.24) is 15.0 Å². The van der Waals surface area contributed by atoms with Crippen LogP contribution in [0.3, 0.4) is 0 Å². The molecular weight excluding hydrogens is 240 g/mol. The maximum Gasteiger partial charge on any atom is 0.231 e. The quantitative estimate of drug-likeness (QED) is 0.819. The van der Waals surface area contributed by atoms with Crippen molar-refractivity contribution in [2.45, 2.75) is 39.2 Å². The lowest BCUT2D eigenvalue weighted by atomic mass is 9.82. The van der Waals surface area contributed by atoms with E-state index in [-0.39, 0.29) is 0 Å². The summed E-state index contributed by atoms with van der Waals surface area (Å²) in [6.45, 7) is 5.26. The number of aromatic nitrogens is 3. The molecule has 1 aliphatic carbocycles. The molecule has 0 aromatic carbocycles. The molecule has 1 fully saturated rings. The van der Waals surface area contributed by atoms with Crippen LogP contribution in [0.15, 0.2) is 0 Å². The van der Waals surface area contributed by atoms with Crippen LogP contribution in [0.25, 0.3) is 0 Å². The fraction of sp³-hybridized carbons (Fsp3) is 0.769. The minimum atomic E-state index is 0.506. The first-order valence-electron chi connectivity index (χ1n) is 7.02. The average Bonchev–Trinajstić information content (AvgIpc) is 2.34. The van der Waals surface area contributed by atoms with Gasteiger partial charge in [-0.05, 0) is 25.2 Å². The molecule has 0 saturated heterocycles. The molecule has 1 aromatic rings. The van der Waals surface area contributed by atoms with Crippen LogP contribution in [0, 0.1) is 5.92 Å². The summed E-state index contributed by atoms with van der Waals surface area (Å²) in [6.07, 6.45) is 3.44. The molecule has 6 nitrogen and oxygen atoms in total. The lowest BCUT2D eigenvalue weighted by molar-refractivity contribution is 0.308. The molecule has 19 heavy (non-hydrogen) atoms. The lowest BCUT2D eigenvalue weighted by Crippen LogP contribution is -2.34. The maximum absolute atomic E-state index is 4.44. The van der Waals surface area contributed by atoms with E-state index >= 15 is 0 Å². The van der Waals surface area contributed by atoms with E-state index in [1.807, 2.05) is 19.0 Å². The molecule has 2 N–H and O–H groups in total. The van der Waals surface area contributed by atoms with Crippen LogP contribution < -0.4 is 15.5 Å². The van der Waals surface area contributed by atoms with E-state index in [1.165, 1.54) is 12.8 Å². The van der Waals surface area contributed by atoms with Crippen LogP contribution in [0.4, 0.5) is 17.8 Å². The van der Waals surface area contributed by atoms with Gasteiger partial charge in [0.25, 0.3) is 0 Å². The van der Waals surface area contributed by atoms with E-state index in [0.717, 1.165) is 18.9 Å². The van der Waals surface area contributed by atoms with Crippen LogP contribution in [0.5, 0.6) is 0 Å². The first-order valence-corrected chi connectivity index (χ1v) is 7.02. The topological polar surface area (TPSA) is 66.0 Å². The van der Waals surface area contributed by atoms with Gasteiger partial charge < -0.3 is 15.5 Å². The molecule has 106 valence electrons. The normalized spacial score (nSPS) is 21.7. The molecule has 0 atom stereocenters. The zero-order valence-corrected chi connectivity index (χ0v) is 12.3. The molecule has 0 bridgehead atoms. The monoisotopic (exact) mass is 264 g/mol. The fourth-order valence-corrected chi connectivity index (χ4v) is 2.15. The predicted molar refractivity (Wildman–Crippen MR) is 78.7 cm³/mol. The Morgan fingerprint density at radius 1 is 1.16 bits per heavy atom. The summed E-state index contributed by atoms with van der Waals surface area (Å²) in [5, 5.41) is 6.61. The number of anilines is 3. The van der Waals surface area contributed by atoms with Crippen LogP contribution in [0.2, 0.25) is 0 Å². The van der Waals surface area contributed by atoms with Gasteiger partial charge in [-0.15, -0.1) is 0 Å². The molecule has 2 rings (SSSR count). The second kappa shape index (κ2) is 6.04. The van der Waals surface area contributed by atoms with Gasteiger partial charge in [-0.2, -0.15) is 15.0 Å². The smallest absolute Gasteiger partial charge is 0.231 e. The summed E-state index contributed by atoms with van der Waals surface area (Å²) in [7, 11) is 3.88. The summed E-state index contributed by atoms with van der Waals surface area (Å²) in [5.41, 5.74) is 0. The zero-order valence-electron chi connectivity index (χ0n) is 12.3. The number of rotatable bonds is 6. The number of nitrogens with zero attached hydrogens (tertiary/aromatic N) is 4. The zero-order chi connectivity index (χ0) is 13.8. The molecule has 0 spiro atoms. The molecular formula is C13H24N6. The maximum atomic E-state index is 4.44. The van der Waals surface area contributed by atoms with E-state index in [1.54, 1.807) is 0 Å². The van der Waals surface area contributed by atoms with Crippen LogP contribution in [-0.2, 0) is 0 Å². The summed E-state index contributed by atoms with van der Waals surface area (Å²) in [4.78, 5) is 15.2. The van der Waals surface area contributed by atoms with Crippen molar-refractivity contribution in [3.8, 4) is 0 Å². The van der Waals surface area contributed by atoms with Crippen LogP contribution in [-0.4, -0.2) is 41.6 Å². The Labute approximate surface area is 115 Å². The third-order valence-electron chi connectivity index (χ3n) is 3.26. The predicted octanol–water partition coefficient (Wildman–Crippen LogP) is 1.97. The Morgan fingerprint density at radius 3 is 2.42 bits per heavy atom. The summed E-state index contributed by atoms with van der Waals surface area (Å²) in [5.74, 6) is 2.82. The minimum Gasteiger partial charge on any atom is -0.354 e. The number of hydrogen-bond donors (Lipinski definition) is 2. The second-order valence-electron chi connectivity index (χ2n) is 5.52. The molecule has 0 aliphatic heterocycles. The second-order valence-corrected chi connectivity index (χ2v) is 5.52. The van der Waals surface area contributed by atoms with Gasteiger partial charge in [0.2, 0.25) is 17.8 Å². The summed E-state index contributed by atoms with van der Waals surface area (Å²) < 4.78 is 0. The van der Waals surface area contributed by atoms with Crippen molar-refractivity contribution < 1.29 is 0 Å². The van der Waals surface area contributed by atoms with Crippen molar-refractivity contribution in [3.63, 3.8) is 0 Å². The van der Waals surface area contributed by atoms with E-state index in [0.29, 0.717) is 23.9 Å². The standard InChI is InChI=1S/C13H24N6/c1-5-6-14-11-16-12(15-10-7-9(2)8-10)18-13(17-11)19(3)4/h9-10H,5-8H2,1-4H3,(H2,14,15,16,17,18). The Morgan fingerprint density at radius 2 is 1.84 bits per heavy atom. The molecule has 1 aromatic heterocycles. The van der Waals surface area contributed by atoms with Gasteiger partial charge in [0, 0.05) is 26.7 Å². The average molecular weight is 264 g/mol. The number of nitrogens with one attached hydrogen (secondary N) is 2. The first-order chi connectivity index (χ1) is 9.08. The molecule has 6 heteroatoms. The van der Waals surface area contributed by atoms with E-state index in [4.69, 9.17) is 0 Å². The van der Waals surface area contributed by atoms with Crippen molar-refractivity contribution in [3.05, 3.63) is 0 Å². The highest BCUT2D eigenvalue weighted by molar-refractivity contribution is 5.43. The molecule has 0 unspecified atom stereocenters. The largest absolute Gasteiger partial charge is 0.354 e. The summed E-state index contributed by atoms with van der Waals surface area (Å²) in [6, 6.07) is 0.506. The minimum absolute atomic E-state index is 0.506.